The first-order valence-corrected chi connectivity index (χ1v) is 12.7. The molecule has 0 atom stereocenters. The summed E-state index contributed by atoms with van der Waals surface area (Å²) in [6.07, 6.45) is 7.86. The summed E-state index contributed by atoms with van der Waals surface area (Å²) in [5.74, 6) is 0.673. The van der Waals surface area contributed by atoms with Crippen molar-refractivity contribution >= 4 is 23.2 Å². The predicted octanol–water partition coefficient (Wildman–Crippen LogP) is 6.35. The van der Waals surface area contributed by atoms with Crippen LogP contribution in [0.2, 0.25) is 0 Å². The molecule has 6 nitrogen and oxygen atoms in total. The number of hydrogen-bond acceptors (Lipinski definition) is 4. The number of carbonyl (C=O) groups is 2. The van der Waals surface area contributed by atoms with Crippen molar-refractivity contribution in [1.29, 1.82) is 0 Å². The summed E-state index contributed by atoms with van der Waals surface area (Å²) in [7, 11) is 0. The zero-order chi connectivity index (χ0) is 24.6. The molecular formula is C28H41N3O3. The largest absolute Gasteiger partial charge is 0.494 e. The highest BCUT2D eigenvalue weighted by atomic mass is 16.5. The molecule has 0 unspecified atom stereocenters. The first kappa shape index (κ1) is 27.2. The number of amides is 2. The smallest absolute Gasteiger partial charge is 0.253 e. The van der Waals surface area contributed by atoms with Crippen LogP contribution in [0.3, 0.4) is 0 Å². The van der Waals surface area contributed by atoms with Gasteiger partial charge in [-0.25, -0.2) is 0 Å². The topological polar surface area (TPSA) is 70.7 Å². The summed E-state index contributed by atoms with van der Waals surface area (Å²) in [4.78, 5) is 27.0. The minimum absolute atomic E-state index is 0.0519. The van der Waals surface area contributed by atoms with E-state index >= 15 is 0 Å². The van der Waals surface area contributed by atoms with Gasteiger partial charge < -0.3 is 20.3 Å². The third-order valence-corrected chi connectivity index (χ3v) is 5.49. The van der Waals surface area contributed by atoms with Crippen molar-refractivity contribution in [2.75, 3.05) is 36.9 Å². The molecule has 0 bridgehead atoms. The Labute approximate surface area is 205 Å². The van der Waals surface area contributed by atoms with Crippen molar-refractivity contribution < 1.29 is 14.3 Å². The van der Waals surface area contributed by atoms with Crippen LogP contribution in [-0.2, 0) is 4.79 Å². The molecule has 2 rings (SSSR count). The van der Waals surface area contributed by atoms with Crippen molar-refractivity contribution in [2.45, 2.75) is 65.7 Å². The Morgan fingerprint density at radius 1 is 0.824 bits per heavy atom. The first-order chi connectivity index (χ1) is 16.6. The number of benzene rings is 2. The lowest BCUT2D eigenvalue weighted by Gasteiger charge is -2.21. The first-order valence-electron chi connectivity index (χ1n) is 12.7. The highest BCUT2D eigenvalue weighted by molar-refractivity contribution is 5.95. The summed E-state index contributed by atoms with van der Waals surface area (Å²) in [6, 6.07) is 14.8. The second-order valence-corrected chi connectivity index (χ2v) is 8.56. The average Bonchev–Trinajstić information content (AvgIpc) is 2.85. The van der Waals surface area contributed by atoms with Crippen molar-refractivity contribution in [3.8, 4) is 5.75 Å². The zero-order valence-corrected chi connectivity index (χ0v) is 21.1. The number of ether oxygens (including phenoxy) is 1. The van der Waals surface area contributed by atoms with Crippen molar-refractivity contribution in [3.63, 3.8) is 0 Å². The predicted molar refractivity (Wildman–Crippen MR) is 141 cm³/mol. The van der Waals surface area contributed by atoms with Gasteiger partial charge >= 0.3 is 0 Å². The van der Waals surface area contributed by atoms with E-state index in [0.717, 1.165) is 43.8 Å². The minimum Gasteiger partial charge on any atom is -0.494 e. The SMILES string of the molecule is CCCCCCCOc1cccc(NC(=O)CNc2ccc(C(=O)N(CCC)CCC)cc2)c1. The Balaban J connectivity index is 1.79. The maximum Gasteiger partial charge on any atom is 0.253 e. The minimum atomic E-state index is -0.145. The number of nitrogens with zero attached hydrogens (tertiary/aromatic N) is 1. The molecule has 0 saturated heterocycles. The van der Waals surface area contributed by atoms with E-state index < -0.39 is 0 Å². The van der Waals surface area contributed by atoms with E-state index in [1.54, 1.807) is 0 Å². The number of nitrogens with one attached hydrogen (secondary N) is 2. The number of rotatable bonds is 16. The third-order valence-electron chi connectivity index (χ3n) is 5.49. The van der Waals surface area contributed by atoms with Crippen LogP contribution < -0.4 is 15.4 Å². The molecule has 0 radical (unpaired) electrons. The van der Waals surface area contributed by atoms with Gasteiger partial charge in [0.25, 0.3) is 5.91 Å². The quantitative estimate of drug-likeness (QED) is 0.282. The van der Waals surface area contributed by atoms with Gasteiger partial charge in [-0.3, -0.25) is 9.59 Å². The van der Waals surface area contributed by atoms with Gasteiger partial charge in [0.15, 0.2) is 0 Å². The van der Waals surface area contributed by atoms with Gasteiger partial charge in [0.2, 0.25) is 5.91 Å². The lowest BCUT2D eigenvalue weighted by Crippen LogP contribution is -2.32. The summed E-state index contributed by atoms with van der Waals surface area (Å²) in [5, 5.41) is 6.02. The standard InChI is InChI=1S/C28H41N3O3/c1-4-7-8-9-10-20-34-26-13-11-12-25(21-26)30-27(32)22-29-24-16-14-23(15-17-24)28(33)31(18-5-2)19-6-3/h11-17,21,29H,4-10,18-20,22H2,1-3H3,(H,30,32). The molecular weight excluding hydrogens is 426 g/mol. The van der Waals surface area contributed by atoms with E-state index in [9.17, 15) is 9.59 Å². The van der Waals surface area contributed by atoms with Gasteiger partial charge in [-0.05, 0) is 55.7 Å². The monoisotopic (exact) mass is 467 g/mol. The zero-order valence-electron chi connectivity index (χ0n) is 21.1. The fourth-order valence-corrected chi connectivity index (χ4v) is 3.71. The average molecular weight is 468 g/mol. The molecule has 0 aliphatic heterocycles. The maximum atomic E-state index is 12.7. The van der Waals surface area contributed by atoms with Gasteiger partial charge in [-0.15, -0.1) is 0 Å². The Morgan fingerprint density at radius 2 is 1.53 bits per heavy atom. The number of unbranched alkanes of at least 4 members (excludes halogenated alkanes) is 4. The van der Waals surface area contributed by atoms with Gasteiger partial charge in [-0.1, -0.05) is 52.5 Å². The highest BCUT2D eigenvalue weighted by Crippen LogP contribution is 2.18. The van der Waals surface area contributed by atoms with Crippen molar-refractivity contribution in [3.05, 3.63) is 54.1 Å². The molecule has 2 aromatic carbocycles. The molecule has 2 amide bonds. The van der Waals surface area contributed by atoms with Crippen LogP contribution in [0.5, 0.6) is 5.75 Å². The molecule has 0 heterocycles. The third kappa shape index (κ3) is 9.86. The van der Waals surface area contributed by atoms with Crippen LogP contribution in [0.1, 0.15) is 76.1 Å². The van der Waals surface area contributed by atoms with Crippen LogP contribution in [0, 0.1) is 0 Å². The summed E-state index contributed by atoms with van der Waals surface area (Å²) < 4.78 is 5.82. The Hall–Kier alpha value is -3.02. The summed E-state index contributed by atoms with van der Waals surface area (Å²) >= 11 is 0. The van der Waals surface area contributed by atoms with Crippen LogP contribution in [-0.4, -0.2) is 43.0 Å². The van der Waals surface area contributed by atoms with E-state index in [0.29, 0.717) is 17.9 Å². The van der Waals surface area contributed by atoms with Gasteiger partial charge in [-0.2, -0.15) is 0 Å². The highest BCUT2D eigenvalue weighted by Gasteiger charge is 2.14. The van der Waals surface area contributed by atoms with Crippen LogP contribution in [0.25, 0.3) is 0 Å². The maximum absolute atomic E-state index is 12.7. The molecule has 2 N–H and O–H groups in total. The van der Waals surface area contributed by atoms with Crippen LogP contribution in [0.15, 0.2) is 48.5 Å². The fraction of sp³-hybridized carbons (Fsp3) is 0.500. The second kappa shape index (κ2) is 15.8. The molecule has 2 aromatic rings. The van der Waals surface area contributed by atoms with E-state index in [1.165, 1.54) is 25.7 Å². The number of hydrogen-bond donors (Lipinski definition) is 2. The van der Waals surface area contributed by atoms with E-state index in [2.05, 4.69) is 31.4 Å². The Morgan fingerprint density at radius 3 is 2.21 bits per heavy atom. The van der Waals surface area contributed by atoms with Gasteiger partial charge in [0.1, 0.15) is 5.75 Å². The van der Waals surface area contributed by atoms with Crippen molar-refractivity contribution in [2.24, 2.45) is 0 Å². The number of anilines is 2. The van der Waals surface area contributed by atoms with Crippen LogP contribution >= 0.6 is 0 Å². The molecule has 0 spiro atoms. The Bertz CT molecular complexity index is 861. The molecule has 6 heteroatoms. The van der Waals surface area contributed by atoms with Crippen LogP contribution in [0.4, 0.5) is 11.4 Å². The molecule has 0 fully saturated rings. The van der Waals surface area contributed by atoms with Gasteiger partial charge in [0.05, 0.1) is 13.2 Å². The van der Waals surface area contributed by atoms with Gasteiger partial charge in [0, 0.05) is 36.1 Å². The lowest BCUT2D eigenvalue weighted by molar-refractivity contribution is -0.114. The molecule has 186 valence electrons. The number of carbonyl (C=O) groups excluding carboxylic acids is 2. The fourth-order valence-electron chi connectivity index (χ4n) is 3.71. The second-order valence-electron chi connectivity index (χ2n) is 8.56. The Kier molecular flexibility index (Phi) is 12.6. The van der Waals surface area contributed by atoms with E-state index in [-0.39, 0.29) is 18.4 Å². The van der Waals surface area contributed by atoms with E-state index in [4.69, 9.17) is 4.74 Å². The van der Waals surface area contributed by atoms with E-state index in [1.807, 2.05) is 53.4 Å². The summed E-state index contributed by atoms with van der Waals surface area (Å²) in [5.41, 5.74) is 2.17. The van der Waals surface area contributed by atoms with Crippen molar-refractivity contribution in [1.82, 2.24) is 4.90 Å². The molecule has 0 aliphatic carbocycles. The molecule has 34 heavy (non-hydrogen) atoms. The molecule has 0 aromatic heterocycles. The molecule has 0 aliphatic rings. The lowest BCUT2D eigenvalue weighted by atomic mass is 10.1. The molecule has 0 saturated carbocycles. The summed E-state index contributed by atoms with van der Waals surface area (Å²) in [6.45, 7) is 8.71. The normalized spacial score (nSPS) is 10.6.